The third kappa shape index (κ3) is 4.50. The predicted octanol–water partition coefficient (Wildman–Crippen LogP) is 2.44. The Morgan fingerprint density at radius 3 is 2.36 bits per heavy atom. The third-order valence-corrected chi connectivity index (χ3v) is 1.06. The Hall–Kier alpha value is -0.900. The standard InChI is InChI=1S/C7H6BrFO2/c1-5(7(10)11-9)3-4-6(2)8/h3-4H,1-2H2/b4-3-. The van der Waals surface area contributed by atoms with Crippen LogP contribution in [-0.2, 0) is 9.74 Å². The van der Waals surface area contributed by atoms with Gasteiger partial charge in [0.2, 0.25) is 0 Å². The first-order valence-corrected chi connectivity index (χ1v) is 3.41. The molecule has 0 aliphatic carbocycles. The van der Waals surface area contributed by atoms with Gasteiger partial charge in [0.05, 0.1) is 5.57 Å². The summed E-state index contributed by atoms with van der Waals surface area (Å²) in [5.41, 5.74) is -0.0758. The van der Waals surface area contributed by atoms with Crippen LogP contribution in [0.25, 0.3) is 0 Å². The zero-order valence-corrected chi connectivity index (χ0v) is 7.23. The summed E-state index contributed by atoms with van der Waals surface area (Å²) in [5.74, 6) is -1.10. The van der Waals surface area contributed by atoms with Gasteiger partial charge in [-0.05, 0) is 12.2 Å². The normalized spacial score (nSPS) is 9.64. The molecule has 2 nitrogen and oxygen atoms in total. The van der Waals surface area contributed by atoms with Crippen molar-refractivity contribution in [1.82, 2.24) is 0 Å². The minimum atomic E-state index is -1.10. The van der Waals surface area contributed by atoms with Crippen LogP contribution in [0, 0.1) is 0 Å². The fraction of sp³-hybridized carbons (Fsp3) is 0. The van der Waals surface area contributed by atoms with Crippen LogP contribution in [0.1, 0.15) is 0 Å². The van der Waals surface area contributed by atoms with Gasteiger partial charge in [-0.15, -0.1) is 0 Å². The summed E-state index contributed by atoms with van der Waals surface area (Å²) in [6.45, 7) is 6.69. The molecule has 0 aromatic carbocycles. The van der Waals surface area contributed by atoms with Gasteiger partial charge in [0, 0.05) is 9.01 Å². The van der Waals surface area contributed by atoms with E-state index in [1.165, 1.54) is 12.2 Å². The maximum absolute atomic E-state index is 11.2. The second-order valence-electron chi connectivity index (χ2n) is 1.67. The lowest BCUT2D eigenvalue weighted by atomic mass is 10.3. The number of allylic oxidation sites excluding steroid dienone is 2. The van der Waals surface area contributed by atoms with E-state index in [4.69, 9.17) is 0 Å². The van der Waals surface area contributed by atoms with E-state index in [0.717, 1.165) is 0 Å². The summed E-state index contributed by atoms with van der Waals surface area (Å²) in [4.78, 5) is 13.2. The highest BCUT2D eigenvalue weighted by Crippen LogP contribution is 2.05. The average Bonchev–Trinajstić information content (AvgIpc) is 1.98. The molecule has 0 aliphatic rings. The van der Waals surface area contributed by atoms with Gasteiger partial charge in [0.1, 0.15) is 0 Å². The summed E-state index contributed by atoms with van der Waals surface area (Å²) in [6, 6.07) is 0. The molecule has 0 aromatic heterocycles. The van der Waals surface area contributed by atoms with Gasteiger partial charge in [0.15, 0.2) is 0 Å². The lowest BCUT2D eigenvalue weighted by molar-refractivity contribution is -0.177. The predicted molar refractivity (Wildman–Crippen MR) is 43.5 cm³/mol. The van der Waals surface area contributed by atoms with Crippen LogP contribution in [0.3, 0.4) is 0 Å². The molecule has 0 radical (unpaired) electrons. The molecule has 0 aliphatic heterocycles. The van der Waals surface area contributed by atoms with Crippen molar-refractivity contribution in [2.24, 2.45) is 0 Å². The van der Waals surface area contributed by atoms with Crippen LogP contribution in [-0.4, -0.2) is 5.97 Å². The smallest absolute Gasteiger partial charge is 0.249 e. The van der Waals surface area contributed by atoms with E-state index in [1.807, 2.05) is 0 Å². The molecule has 0 aromatic rings. The van der Waals surface area contributed by atoms with E-state index in [-0.39, 0.29) is 5.57 Å². The fourth-order valence-electron chi connectivity index (χ4n) is 0.309. The van der Waals surface area contributed by atoms with Crippen LogP contribution in [0.15, 0.2) is 35.4 Å². The molecule has 0 unspecified atom stereocenters. The van der Waals surface area contributed by atoms with Crippen molar-refractivity contribution >= 4 is 21.9 Å². The molecular formula is C7H6BrFO2. The Morgan fingerprint density at radius 2 is 2.00 bits per heavy atom. The fourth-order valence-corrected chi connectivity index (χ4v) is 0.441. The molecule has 0 atom stereocenters. The zero-order chi connectivity index (χ0) is 8.85. The number of halogens is 2. The summed E-state index contributed by atoms with van der Waals surface area (Å²) < 4.78 is 11.7. The van der Waals surface area contributed by atoms with Crippen molar-refractivity contribution in [2.45, 2.75) is 0 Å². The first-order chi connectivity index (χ1) is 5.07. The van der Waals surface area contributed by atoms with Crippen LogP contribution >= 0.6 is 15.9 Å². The molecule has 0 bridgehead atoms. The monoisotopic (exact) mass is 220 g/mol. The van der Waals surface area contributed by atoms with E-state index in [1.54, 1.807) is 0 Å². The van der Waals surface area contributed by atoms with Crippen LogP contribution < -0.4 is 0 Å². The average molecular weight is 221 g/mol. The van der Waals surface area contributed by atoms with Gasteiger partial charge in [-0.25, -0.2) is 9.74 Å². The van der Waals surface area contributed by atoms with Gasteiger partial charge in [0.25, 0.3) is 0 Å². The SMILES string of the molecule is C=C(Br)/C=C\C(=C)C(=O)OF. The molecule has 0 heterocycles. The number of rotatable bonds is 3. The largest absolute Gasteiger partial charge is 0.378 e. The molecule has 0 amide bonds. The van der Waals surface area contributed by atoms with Gasteiger partial charge in [-0.3, -0.25) is 0 Å². The maximum Gasteiger partial charge on any atom is 0.378 e. The summed E-state index contributed by atoms with van der Waals surface area (Å²) in [6.07, 6.45) is 2.75. The molecule has 0 rings (SSSR count). The molecule has 0 saturated heterocycles. The van der Waals surface area contributed by atoms with Crippen molar-refractivity contribution in [2.75, 3.05) is 0 Å². The topological polar surface area (TPSA) is 26.3 Å². The minimum absolute atomic E-state index is 0.0758. The molecule has 11 heavy (non-hydrogen) atoms. The number of carbonyl (C=O) groups is 1. The summed E-state index contributed by atoms with van der Waals surface area (Å²) in [7, 11) is 0. The Morgan fingerprint density at radius 1 is 1.45 bits per heavy atom. The highest BCUT2D eigenvalue weighted by Gasteiger charge is 2.03. The zero-order valence-electron chi connectivity index (χ0n) is 5.64. The minimum Gasteiger partial charge on any atom is -0.249 e. The highest BCUT2D eigenvalue weighted by atomic mass is 79.9. The van der Waals surface area contributed by atoms with Crippen LogP contribution in [0.4, 0.5) is 4.53 Å². The van der Waals surface area contributed by atoms with Crippen molar-refractivity contribution < 1.29 is 14.3 Å². The molecular weight excluding hydrogens is 215 g/mol. The van der Waals surface area contributed by atoms with E-state index < -0.39 is 5.97 Å². The first kappa shape index (κ1) is 10.1. The van der Waals surface area contributed by atoms with E-state index in [2.05, 4.69) is 34.0 Å². The van der Waals surface area contributed by atoms with Crippen LogP contribution in [0.5, 0.6) is 0 Å². The van der Waals surface area contributed by atoms with Gasteiger partial charge in [-0.2, -0.15) is 0 Å². The highest BCUT2D eigenvalue weighted by molar-refractivity contribution is 9.11. The Bertz CT molecular complexity index is 220. The Labute approximate surface area is 72.1 Å². The first-order valence-electron chi connectivity index (χ1n) is 2.62. The Kier molecular flexibility index (Phi) is 4.45. The van der Waals surface area contributed by atoms with E-state index >= 15 is 0 Å². The molecule has 4 heteroatoms. The maximum atomic E-state index is 11.2. The molecule has 0 fully saturated rings. The molecule has 0 saturated carbocycles. The van der Waals surface area contributed by atoms with Crippen molar-refractivity contribution in [3.8, 4) is 0 Å². The second kappa shape index (κ2) is 4.85. The third-order valence-electron chi connectivity index (χ3n) is 0.798. The van der Waals surface area contributed by atoms with Gasteiger partial charge < -0.3 is 0 Å². The summed E-state index contributed by atoms with van der Waals surface area (Å²) >= 11 is 3.01. The number of carbonyl (C=O) groups excluding carboxylic acids is 1. The molecule has 60 valence electrons. The molecule has 0 N–H and O–H groups in total. The van der Waals surface area contributed by atoms with Crippen molar-refractivity contribution in [1.29, 1.82) is 0 Å². The number of hydrogen-bond donors (Lipinski definition) is 0. The Balaban J connectivity index is 4.08. The van der Waals surface area contributed by atoms with E-state index in [0.29, 0.717) is 4.48 Å². The van der Waals surface area contributed by atoms with Crippen molar-refractivity contribution in [3.63, 3.8) is 0 Å². The lowest BCUT2D eigenvalue weighted by Gasteiger charge is -1.90. The number of hydrogen-bond acceptors (Lipinski definition) is 2. The molecule has 0 spiro atoms. The van der Waals surface area contributed by atoms with Gasteiger partial charge in [-0.1, -0.05) is 29.1 Å². The van der Waals surface area contributed by atoms with Crippen LogP contribution in [0.2, 0.25) is 0 Å². The second-order valence-corrected chi connectivity index (χ2v) is 2.69. The van der Waals surface area contributed by atoms with Crippen molar-refractivity contribution in [3.05, 3.63) is 35.4 Å². The van der Waals surface area contributed by atoms with E-state index in [9.17, 15) is 9.32 Å². The summed E-state index contributed by atoms with van der Waals surface area (Å²) in [5, 5.41) is 0. The quantitative estimate of drug-likeness (QED) is 0.540. The lowest BCUT2D eigenvalue weighted by Crippen LogP contribution is -1.97. The van der Waals surface area contributed by atoms with Gasteiger partial charge >= 0.3 is 5.97 Å².